The fourth-order valence-electron chi connectivity index (χ4n) is 2.75. The fraction of sp³-hybridized carbons (Fsp3) is 1.00. The maximum atomic E-state index is 5.77. The van der Waals surface area contributed by atoms with Crippen LogP contribution < -0.4 is 5.73 Å². The summed E-state index contributed by atoms with van der Waals surface area (Å²) in [5.74, 6) is 0.703. The molecule has 1 rings (SSSR count). The van der Waals surface area contributed by atoms with E-state index in [0.717, 1.165) is 6.54 Å². The van der Waals surface area contributed by atoms with Crippen molar-refractivity contribution in [2.24, 2.45) is 17.1 Å². The van der Waals surface area contributed by atoms with Gasteiger partial charge in [0, 0.05) is 13.1 Å². The Labute approximate surface area is 95.2 Å². The number of nitrogens with zero attached hydrogens (tertiary/aromatic N) is 1. The first-order chi connectivity index (χ1) is 7.19. The van der Waals surface area contributed by atoms with Crippen molar-refractivity contribution < 1.29 is 0 Å². The van der Waals surface area contributed by atoms with Crippen molar-refractivity contribution in [2.45, 2.75) is 46.5 Å². The molecule has 0 saturated carbocycles. The summed E-state index contributed by atoms with van der Waals surface area (Å²) in [5.41, 5.74) is 6.39. The van der Waals surface area contributed by atoms with E-state index in [2.05, 4.69) is 25.7 Å². The number of likely N-dealkylation sites (tertiary alicyclic amines) is 1. The molecule has 1 aliphatic rings. The maximum Gasteiger partial charge on any atom is 0.00384 e. The molecule has 15 heavy (non-hydrogen) atoms. The van der Waals surface area contributed by atoms with Crippen LogP contribution in [0.15, 0.2) is 0 Å². The number of nitrogens with two attached hydrogens (primary N) is 1. The van der Waals surface area contributed by atoms with Crippen LogP contribution in [-0.2, 0) is 0 Å². The largest absolute Gasteiger partial charge is 0.330 e. The van der Waals surface area contributed by atoms with Crippen LogP contribution in [-0.4, -0.2) is 31.1 Å². The summed E-state index contributed by atoms with van der Waals surface area (Å²) in [6.07, 6.45) is 5.28. The van der Waals surface area contributed by atoms with Crippen molar-refractivity contribution >= 4 is 0 Å². The lowest BCUT2D eigenvalue weighted by Gasteiger charge is -2.28. The van der Waals surface area contributed by atoms with Crippen molar-refractivity contribution in [1.29, 1.82) is 0 Å². The molecule has 0 radical (unpaired) electrons. The molecular weight excluding hydrogens is 184 g/mol. The van der Waals surface area contributed by atoms with Gasteiger partial charge in [-0.05, 0) is 43.7 Å². The van der Waals surface area contributed by atoms with Gasteiger partial charge in [-0.15, -0.1) is 0 Å². The second-order valence-corrected chi connectivity index (χ2v) is 5.20. The Bertz CT molecular complexity index is 171. The third-order valence-corrected chi connectivity index (χ3v) is 4.44. The highest BCUT2D eigenvalue weighted by Crippen LogP contribution is 2.37. The Hall–Kier alpha value is -0.0800. The van der Waals surface area contributed by atoms with Gasteiger partial charge in [0.2, 0.25) is 0 Å². The van der Waals surface area contributed by atoms with E-state index in [1.165, 1.54) is 45.3 Å². The molecule has 90 valence electrons. The zero-order chi connectivity index (χ0) is 11.3. The van der Waals surface area contributed by atoms with Crippen LogP contribution in [0, 0.1) is 11.3 Å². The van der Waals surface area contributed by atoms with E-state index in [-0.39, 0.29) is 0 Å². The second kappa shape index (κ2) is 5.86. The molecule has 0 aromatic carbocycles. The van der Waals surface area contributed by atoms with Crippen LogP contribution in [0.4, 0.5) is 0 Å². The van der Waals surface area contributed by atoms with Crippen molar-refractivity contribution in [3.05, 3.63) is 0 Å². The minimum atomic E-state index is 0.618. The molecule has 1 aliphatic heterocycles. The molecule has 2 nitrogen and oxygen atoms in total. The Balaban J connectivity index is 2.41. The highest BCUT2D eigenvalue weighted by Gasteiger charge is 2.34. The van der Waals surface area contributed by atoms with E-state index in [4.69, 9.17) is 5.73 Å². The highest BCUT2D eigenvalue weighted by atomic mass is 15.2. The van der Waals surface area contributed by atoms with Gasteiger partial charge in [0.25, 0.3) is 0 Å². The molecule has 1 heterocycles. The lowest BCUT2D eigenvalue weighted by Crippen LogP contribution is -2.33. The smallest absolute Gasteiger partial charge is 0.00384 e. The molecule has 0 spiro atoms. The molecule has 0 aromatic heterocycles. The van der Waals surface area contributed by atoms with Crippen molar-refractivity contribution in [1.82, 2.24) is 4.90 Å². The van der Waals surface area contributed by atoms with E-state index in [1.807, 2.05) is 0 Å². The SMILES string of the molecule is CCC(CN)CN1CCC(CC)(CC)C1. The predicted octanol–water partition coefficient (Wildman–Crippen LogP) is 2.48. The standard InChI is InChI=1S/C13H28N2/c1-4-12(9-14)10-15-8-7-13(5-2,6-3)11-15/h12H,4-11,14H2,1-3H3. The van der Waals surface area contributed by atoms with Crippen LogP contribution >= 0.6 is 0 Å². The van der Waals surface area contributed by atoms with Gasteiger partial charge in [-0.2, -0.15) is 0 Å². The molecule has 1 atom stereocenters. The highest BCUT2D eigenvalue weighted by molar-refractivity contribution is 4.88. The normalized spacial score (nSPS) is 23.2. The Morgan fingerprint density at radius 1 is 1.27 bits per heavy atom. The van der Waals surface area contributed by atoms with Gasteiger partial charge >= 0.3 is 0 Å². The molecular formula is C13H28N2. The van der Waals surface area contributed by atoms with Crippen LogP contribution in [0.1, 0.15) is 46.5 Å². The summed E-state index contributed by atoms with van der Waals surface area (Å²) in [4.78, 5) is 2.63. The summed E-state index contributed by atoms with van der Waals surface area (Å²) in [6, 6.07) is 0. The van der Waals surface area contributed by atoms with Crippen LogP contribution in [0.25, 0.3) is 0 Å². The summed E-state index contributed by atoms with van der Waals surface area (Å²) in [6.45, 7) is 11.6. The minimum Gasteiger partial charge on any atom is -0.330 e. The van der Waals surface area contributed by atoms with Gasteiger partial charge in [-0.25, -0.2) is 0 Å². The summed E-state index contributed by atoms with van der Waals surface area (Å²) < 4.78 is 0. The van der Waals surface area contributed by atoms with Crippen molar-refractivity contribution in [3.8, 4) is 0 Å². The first kappa shape index (κ1) is 13.0. The van der Waals surface area contributed by atoms with Gasteiger partial charge in [-0.3, -0.25) is 0 Å². The first-order valence-electron chi connectivity index (χ1n) is 6.62. The number of hydrogen-bond acceptors (Lipinski definition) is 2. The van der Waals surface area contributed by atoms with E-state index < -0.39 is 0 Å². The van der Waals surface area contributed by atoms with E-state index in [0.29, 0.717) is 11.3 Å². The summed E-state index contributed by atoms with van der Waals surface area (Å²) in [5, 5.41) is 0. The predicted molar refractivity (Wildman–Crippen MR) is 66.9 cm³/mol. The summed E-state index contributed by atoms with van der Waals surface area (Å²) >= 11 is 0. The molecule has 1 saturated heterocycles. The second-order valence-electron chi connectivity index (χ2n) is 5.20. The summed E-state index contributed by atoms with van der Waals surface area (Å²) in [7, 11) is 0. The first-order valence-corrected chi connectivity index (χ1v) is 6.62. The fourth-order valence-corrected chi connectivity index (χ4v) is 2.75. The molecule has 1 fully saturated rings. The average molecular weight is 212 g/mol. The third-order valence-electron chi connectivity index (χ3n) is 4.44. The quantitative estimate of drug-likeness (QED) is 0.733. The van der Waals surface area contributed by atoms with Crippen molar-refractivity contribution in [2.75, 3.05) is 26.2 Å². The van der Waals surface area contributed by atoms with E-state index in [9.17, 15) is 0 Å². The lowest BCUT2D eigenvalue weighted by atomic mass is 9.82. The third kappa shape index (κ3) is 3.18. The molecule has 0 aliphatic carbocycles. The molecule has 2 N–H and O–H groups in total. The maximum absolute atomic E-state index is 5.77. The Morgan fingerprint density at radius 3 is 2.33 bits per heavy atom. The van der Waals surface area contributed by atoms with Crippen LogP contribution in [0.2, 0.25) is 0 Å². The van der Waals surface area contributed by atoms with Gasteiger partial charge < -0.3 is 10.6 Å². The number of rotatable bonds is 6. The topological polar surface area (TPSA) is 29.3 Å². The zero-order valence-corrected chi connectivity index (χ0v) is 10.8. The van der Waals surface area contributed by atoms with Gasteiger partial charge in [-0.1, -0.05) is 27.2 Å². The molecule has 0 aromatic rings. The Morgan fingerprint density at radius 2 is 1.93 bits per heavy atom. The molecule has 0 bridgehead atoms. The van der Waals surface area contributed by atoms with Crippen LogP contribution in [0.5, 0.6) is 0 Å². The van der Waals surface area contributed by atoms with Gasteiger partial charge in [0.1, 0.15) is 0 Å². The van der Waals surface area contributed by atoms with Gasteiger partial charge in [0.05, 0.1) is 0 Å². The van der Waals surface area contributed by atoms with E-state index >= 15 is 0 Å². The number of hydrogen-bond donors (Lipinski definition) is 1. The van der Waals surface area contributed by atoms with E-state index in [1.54, 1.807) is 0 Å². The average Bonchev–Trinajstić information content (AvgIpc) is 2.70. The van der Waals surface area contributed by atoms with Crippen molar-refractivity contribution in [3.63, 3.8) is 0 Å². The molecule has 2 heteroatoms. The minimum absolute atomic E-state index is 0.618. The zero-order valence-electron chi connectivity index (χ0n) is 10.8. The van der Waals surface area contributed by atoms with Gasteiger partial charge in [0.15, 0.2) is 0 Å². The molecule has 1 unspecified atom stereocenters. The molecule has 0 amide bonds. The van der Waals surface area contributed by atoms with Crippen LogP contribution in [0.3, 0.4) is 0 Å². The lowest BCUT2D eigenvalue weighted by molar-refractivity contribution is 0.217. The monoisotopic (exact) mass is 212 g/mol. The Kier molecular flexibility index (Phi) is 5.07.